The highest BCUT2D eigenvalue weighted by atomic mass is 35.5. The number of hydrogen-bond donors (Lipinski definition) is 1. The van der Waals surface area contributed by atoms with Crippen LogP contribution in [0.1, 0.15) is 49.1 Å². The minimum Gasteiger partial charge on any atom is -0.462 e. The van der Waals surface area contributed by atoms with E-state index in [4.69, 9.17) is 16.3 Å². The minimum atomic E-state index is -1.07. The topological polar surface area (TPSA) is 51.2 Å². The molecule has 3 aromatic rings. The van der Waals surface area contributed by atoms with E-state index in [1.807, 2.05) is 75.4 Å². The highest BCUT2D eigenvalue weighted by Gasteiger charge is 2.33. The maximum atomic E-state index is 13.2. The normalized spacial score (nSPS) is 13.3. The van der Waals surface area contributed by atoms with Gasteiger partial charge in [-0.25, -0.2) is 4.98 Å². The molecule has 1 unspecified atom stereocenters. The predicted molar refractivity (Wildman–Crippen MR) is 130 cm³/mol. The summed E-state index contributed by atoms with van der Waals surface area (Å²) in [6.45, 7) is 9.47. The van der Waals surface area contributed by atoms with Gasteiger partial charge in [0.2, 0.25) is 5.88 Å². The van der Waals surface area contributed by atoms with E-state index in [0.29, 0.717) is 10.9 Å². The zero-order chi connectivity index (χ0) is 23.3. The molecule has 0 radical (unpaired) electrons. The average Bonchev–Trinajstić information content (AvgIpc) is 2.72. The van der Waals surface area contributed by atoms with Crippen LogP contribution in [0.25, 0.3) is 0 Å². The van der Waals surface area contributed by atoms with Crippen LogP contribution in [0.2, 0.25) is 5.02 Å². The molecule has 0 aliphatic heterocycles. The van der Waals surface area contributed by atoms with Gasteiger partial charge < -0.3 is 10.1 Å². The van der Waals surface area contributed by atoms with Crippen molar-refractivity contribution in [3.8, 4) is 5.88 Å². The lowest BCUT2D eigenvalue weighted by atomic mass is 9.86. The lowest BCUT2D eigenvalue weighted by molar-refractivity contribution is -0.135. The van der Waals surface area contributed by atoms with E-state index in [0.717, 1.165) is 17.7 Å². The van der Waals surface area contributed by atoms with Crippen molar-refractivity contribution >= 4 is 17.5 Å². The van der Waals surface area contributed by atoms with E-state index in [9.17, 15) is 4.79 Å². The Morgan fingerprint density at radius 3 is 2.34 bits per heavy atom. The molecule has 1 amide bonds. The molecule has 1 N–H and O–H groups in total. The first-order chi connectivity index (χ1) is 15.1. The fourth-order valence-corrected chi connectivity index (χ4v) is 3.93. The summed E-state index contributed by atoms with van der Waals surface area (Å²) in [5.74, 6) is 0.371. The van der Waals surface area contributed by atoms with Crippen molar-refractivity contribution in [2.24, 2.45) is 0 Å². The Labute approximate surface area is 196 Å². The van der Waals surface area contributed by atoms with Crippen LogP contribution in [-0.4, -0.2) is 22.5 Å². The molecular weight excluding hydrogens is 420 g/mol. The number of hydrogen-bond acceptors (Lipinski definition) is 3. The quantitative estimate of drug-likeness (QED) is 0.455. The summed E-state index contributed by atoms with van der Waals surface area (Å²) in [7, 11) is 0. The van der Waals surface area contributed by atoms with Crippen LogP contribution in [0.3, 0.4) is 0 Å². The first kappa shape index (κ1) is 23.8. The Kier molecular flexibility index (Phi) is 7.57. The van der Waals surface area contributed by atoms with Gasteiger partial charge in [-0.05, 0) is 75.9 Å². The van der Waals surface area contributed by atoms with E-state index >= 15 is 0 Å². The third-order valence-corrected chi connectivity index (χ3v) is 5.79. The molecule has 0 spiro atoms. The van der Waals surface area contributed by atoms with E-state index < -0.39 is 5.60 Å². The second-order valence-corrected chi connectivity index (χ2v) is 9.28. The summed E-state index contributed by atoms with van der Waals surface area (Å²) in [6, 6.07) is 21.8. The summed E-state index contributed by atoms with van der Waals surface area (Å²) in [6.07, 6.45) is 0.780. The molecule has 32 heavy (non-hydrogen) atoms. The summed E-state index contributed by atoms with van der Waals surface area (Å²) in [5, 5.41) is 3.90. The van der Waals surface area contributed by atoms with Gasteiger partial charge in [-0.2, -0.15) is 0 Å². The van der Waals surface area contributed by atoms with Gasteiger partial charge in [-0.3, -0.25) is 4.79 Å². The Balaban J connectivity index is 1.77. The van der Waals surface area contributed by atoms with Crippen molar-refractivity contribution < 1.29 is 9.53 Å². The molecule has 2 aromatic carbocycles. The molecule has 0 aliphatic carbocycles. The number of aryl methyl sites for hydroxylation is 2. The number of nitrogens with zero attached hydrogens (tertiary/aromatic N) is 1. The van der Waals surface area contributed by atoms with Crippen molar-refractivity contribution in [2.75, 3.05) is 0 Å². The van der Waals surface area contributed by atoms with Crippen LogP contribution in [0.15, 0.2) is 66.7 Å². The van der Waals surface area contributed by atoms with E-state index in [-0.39, 0.29) is 17.9 Å². The van der Waals surface area contributed by atoms with Gasteiger partial charge >= 0.3 is 0 Å². The van der Waals surface area contributed by atoms with Crippen LogP contribution < -0.4 is 10.1 Å². The molecule has 0 fully saturated rings. The van der Waals surface area contributed by atoms with Crippen molar-refractivity contribution in [1.82, 2.24) is 10.3 Å². The molecule has 5 heteroatoms. The van der Waals surface area contributed by atoms with Gasteiger partial charge in [0, 0.05) is 28.7 Å². The number of halogens is 1. The summed E-state index contributed by atoms with van der Waals surface area (Å²) in [4.78, 5) is 17.6. The number of pyridine rings is 1. The molecule has 0 saturated carbocycles. The fourth-order valence-electron chi connectivity index (χ4n) is 3.80. The molecule has 0 bridgehead atoms. The number of aromatic nitrogens is 1. The number of rotatable bonds is 8. The van der Waals surface area contributed by atoms with Crippen molar-refractivity contribution in [1.29, 1.82) is 0 Å². The Hall–Kier alpha value is -2.85. The Morgan fingerprint density at radius 1 is 1.06 bits per heavy atom. The standard InChI is InChI=1S/C27H31ClN2O2/c1-18-15-19(2)29-25(16-18)32-27(4,5)26(31)30-20(3)24(22-9-7-6-8-10-22)17-21-11-13-23(28)14-12-21/h6-16,20,24H,17H2,1-5H3,(H,30,31)/t20-,24?/m0/s1. The molecule has 0 saturated heterocycles. The molecule has 1 heterocycles. The van der Waals surface area contributed by atoms with E-state index in [1.54, 1.807) is 13.8 Å². The summed E-state index contributed by atoms with van der Waals surface area (Å²) in [5.41, 5.74) is 3.17. The zero-order valence-electron chi connectivity index (χ0n) is 19.4. The second-order valence-electron chi connectivity index (χ2n) is 8.85. The minimum absolute atomic E-state index is 0.0939. The Morgan fingerprint density at radius 2 is 1.72 bits per heavy atom. The third kappa shape index (κ3) is 6.33. The van der Waals surface area contributed by atoms with Crippen LogP contribution in [0.4, 0.5) is 0 Å². The molecule has 0 aliphatic rings. The van der Waals surface area contributed by atoms with Crippen LogP contribution in [0, 0.1) is 13.8 Å². The second kappa shape index (κ2) is 10.2. The molecule has 3 rings (SSSR count). The summed E-state index contributed by atoms with van der Waals surface area (Å²) < 4.78 is 6.01. The average molecular weight is 451 g/mol. The Bertz CT molecular complexity index is 1030. The molecular formula is C27H31ClN2O2. The number of nitrogens with one attached hydrogen (secondary N) is 1. The number of benzene rings is 2. The molecule has 168 valence electrons. The van der Waals surface area contributed by atoms with E-state index in [1.165, 1.54) is 11.1 Å². The highest BCUT2D eigenvalue weighted by Crippen LogP contribution is 2.26. The van der Waals surface area contributed by atoms with Crippen LogP contribution in [-0.2, 0) is 11.2 Å². The van der Waals surface area contributed by atoms with Gasteiger partial charge in [0.05, 0.1) is 0 Å². The molecule has 2 atom stereocenters. The maximum absolute atomic E-state index is 13.2. The number of carbonyl (C=O) groups is 1. The number of amides is 1. The fraction of sp³-hybridized carbons (Fsp3) is 0.333. The van der Waals surface area contributed by atoms with Gasteiger partial charge in [0.15, 0.2) is 5.60 Å². The van der Waals surface area contributed by atoms with Crippen molar-refractivity contribution in [3.63, 3.8) is 0 Å². The first-order valence-corrected chi connectivity index (χ1v) is 11.3. The summed E-state index contributed by atoms with van der Waals surface area (Å²) >= 11 is 6.06. The van der Waals surface area contributed by atoms with E-state index in [2.05, 4.69) is 22.4 Å². The maximum Gasteiger partial charge on any atom is 0.263 e. The van der Waals surface area contributed by atoms with Gasteiger partial charge in [-0.1, -0.05) is 54.1 Å². The molecule has 4 nitrogen and oxygen atoms in total. The van der Waals surface area contributed by atoms with Gasteiger partial charge in [0.25, 0.3) is 5.91 Å². The van der Waals surface area contributed by atoms with Crippen molar-refractivity contribution in [2.45, 2.75) is 58.6 Å². The highest BCUT2D eigenvalue weighted by molar-refractivity contribution is 6.30. The van der Waals surface area contributed by atoms with Crippen molar-refractivity contribution in [3.05, 3.63) is 94.1 Å². The van der Waals surface area contributed by atoms with Crippen LogP contribution in [0.5, 0.6) is 5.88 Å². The zero-order valence-corrected chi connectivity index (χ0v) is 20.1. The lowest BCUT2D eigenvalue weighted by Gasteiger charge is -2.30. The monoisotopic (exact) mass is 450 g/mol. The smallest absolute Gasteiger partial charge is 0.263 e. The number of ether oxygens (including phenoxy) is 1. The first-order valence-electron chi connectivity index (χ1n) is 10.9. The largest absolute Gasteiger partial charge is 0.462 e. The SMILES string of the molecule is Cc1cc(C)nc(OC(C)(C)C(=O)N[C@@H](C)C(Cc2ccc(Cl)cc2)c2ccccc2)c1. The van der Waals surface area contributed by atoms with Gasteiger partial charge in [-0.15, -0.1) is 0 Å². The van der Waals surface area contributed by atoms with Crippen LogP contribution >= 0.6 is 11.6 Å². The predicted octanol–water partition coefficient (Wildman–Crippen LogP) is 6.04. The number of carbonyl (C=O) groups excluding carboxylic acids is 1. The third-order valence-electron chi connectivity index (χ3n) is 5.54. The lowest BCUT2D eigenvalue weighted by Crippen LogP contribution is -2.51. The van der Waals surface area contributed by atoms with Gasteiger partial charge in [0.1, 0.15) is 0 Å². The molecule has 1 aromatic heterocycles.